The number of carbonyl (C=O) groups is 2. The summed E-state index contributed by atoms with van der Waals surface area (Å²) in [6.45, 7) is 1.42. The lowest BCUT2D eigenvalue weighted by Crippen LogP contribution is -2.24. The van der Waals surface area contributed by atoms with Gasteiger partial charge in [0.2, 0.25) is 15.8 Å². The molecule has 0 aliphatic carbocycles. The van der Waals surface area contributed by atoms with Crippen molar-refractivity contribution in [1.82, 2.24) is 0 Å². The number of sulfonamides is 1. The van der Waals surface area contributed by atoms with Crippen molar-refractivity contribution in [3.8, 4) is 5.75 Å². The van der Waals surface area contributed by atoms with Crippen LogP contribution < -0.4 is 9.88 Å². The Morgan fingerprint density at radius 1 is 1.08 bits per heavy atom. The minimum absolute atomic E-state index is 0.0900. The molecular formula is C17H16ClNO6S. The van der Waals surface area contributed by atoms with Crippen molar-refractivity contribution < 1.29 is 27.5 Å². The third kappa shape index (κ3) is 4.60. The summed E-state index contributed by atoms with van der Waals surface area (Å²) in [5, 5.41) is 4.93. The van der Waals surface area contributed by atoms with Gasteiger partial charge in [0.1, 0.15) is 10.6 Å². The fourth-order valence-electron chi connectivity index (χ4n) is 2.12. The number of Topliss-reactive ketones (excluding diaryl/α,β-unsaturated/α-hetero) is 1. The Balaban J connectivity index is 2.17. The van der Waals surface area contributed by atoms with Crippen molar-refractivity contribution in [3.05, 3.63) is 58.6 Å². The summed E-state index contributed by atoms with van der Waals surface area (Å²) in [6, 6.07) is 9.82. The van der Waals surface area contributed by atoms with Crippen LogP contribution in [-0.4, -0.2) is 33.4 Å². The number of hydrogen-bond donors (Lipinski definition) is 1. The third-order valence-corrected chi connectivity index (χ3v) is 4.89. The number of halogens is 1. The summed E-state index contributed by atoms with van der Waals surface area (Å²) in [6.07, 6.45) is -1.08. The molecule has 7 nitrogen and oxygen atoms in total. The Hall–Kier alpha value is -2.42. The molecular weight excluding hydrogens is 382 g/mol. The van der Waals surface area contributed by atoms with Gasteiger partial charge in [0.05, 0.1) is 17.7 Å². The second-order valence-corrected chi connectivity index (χ2v) is 7.27. The number of benzene rings is 2. The average Bonchev–Trinajstić information content (AvgIpc) is 2.60. The van der Waals surface area contributed by atoms with Crippen molar-refractivity contribution in [2.75, 3.05) is 7.11 Å². The van der Waals surface area contributed by atoms with E-state index < -0.39 is 32.8 Å². The monoisotopic (exact) mass is 397 g/mol. The zero-order valence-corrected chi connectivity index (χ0v) is 15.5. The smallest absolute Gasteiger partial charge is 0.338 e. The minimum atomic E-state index is -4.10. The Kier molecular flexibility index (Phi) is 6.01. The van der Waals surface area contributed by atoms with Crippen molar-refractivity contribution in [2.24, 2.45) is 5.14 Å². The van der Waals surface area contributed by atoms with Gasteiger partial charge in [-0.25, -0.2) is 18.4 Å². The average molecular weight is 398 g/mol. The maximum Gasteiger partial charge on any atom is 0.338 e. The molecule has 0 saturated heterocycles. The highest BCUT2D eigenvalue weighted by Gasteiger charge is 2.22. The molecule has 26 heavy (non-hydrogen) atoms. The quantitative estimate of drug-likeness (QED) is 0.591. The number of primary sulfonamides is 1. The summed E-state index contributed by atoms with van der Waals surface area (Å²) >= 11 is 5.77. The molecule has 0 heterocycles. The SMILES string of the molecule is COc1ccc(C(=O)C(C)OC(=O)c2ccc(Cl)c(S(N)(=O)=O)c2)cc1. The van der Waals surface area contributed by atoms with Crippen LogP contribution in [0, 0.1) is 0 Å². The van der Waals surface area contributed by atoms with Crippen LogP contribution in [0.15, 0.2) is 47.4 Å². The Morgan fingerprint density at radius 3 is 2.19 bits per heavy atom. The molecule has 2 aromatic carbocycles. The highest BCUT2D eigenvalue weighted by atomic mass is 35.5. The van der Waals surface area contributed by atoms with Crippen LogP contribution in [0.25, 0.3) is 0 Å². The molecule has 0 amide bonds. The number of nitrogens with two attached hydrogens (primary N) is 1. The lowest BCUT2D eigenvalue weighted by Gasteiger charge is -2.13. The zero-order chi connectivity index (χ0) is 19.5. The van der Waals surface area contributed by atoms with Crippen LogP contribution >= 0.6 is 11.6 Å². The van der Waals surface area contributed by atoms with Crippen LogP contribution in [0.2, 0.25) is 5.02 Å². The number of carbonyl (C=O) groups excluding carboxylic acids is 2. The van der Waals surface area contributed by atoms with Gasteiger partial charge in [0, 0.05) is 5.56 Å². The molecule has 0 fully saturated rings. The number of rotatable bonds is 6. The van der Waals surface area contributed by atoms with Crippen LogP contribution in [0.5, 0.6) is 5.75 Å². The van der Waals surface area contributed by atoms with Crippen LogP contribution in [0.1, 0.15) is 27.6 Å². The first-order valence-corrected chi connectivity index (χ1v) is 9.27. The first kappa shape index (κ1) is 19.9. The maximum absolute atomic E-state index is 12.3. The van der Waals surface area contributed by atoms with Gasteiger partial charge in [0.25, 0.3) is 0 Å². The van der Waals surface area contributed by atoms with E-state index in [1.807, 2.05) is 0 Å². The molecule has 1 unspecified atom stereocenters. The molecule has 2 rings (SSSR count). The van der Waals surface area contributed by atoms with Gasteiger partial charge < -0.3 is 9.47 Å². The van der Waals surface area contributed by atoms with Gasteiger partial charge in [0.15, 0.2) is 6.10 Å². The standard InChI is InChI=1S/C17H16ClNO6S/c1-10(16(20)11-3-6-13(24-2)7-4-11)25-17(21)12-5-8-14(18)15(9-12)26(19,22)23/h3-10H,1-2H3,(H2,19,22,23). The van der Waals surface area contributed by atoms with E-state index in [0.29, 0.717) is 11.3 Å². The molecule has 0 spiro atoms. The van der Waals surface area contributed by atoms with E-state index in [9.17, 15) is 18.0 Å². The van der Waals surface area contributed by atoms with Gasteiger partial charge in [-0.05, 0) is 49.4 Å². The number of methoxy groups -OCH3 is 1. The van der Waals surface area contributed by atoms with Crippen molar-refractivity contribution >= 4 is 33.4 Å². The summed E-state index contributed by atoms with van der Waals surface area (Å²) in [7, 11) is -2.60. The van der Waals surface area contributed by atoms with Gasteiger partial charge in [-0.1, -0.05) is 11.6 Å². The van der Waals surface area contributed by atoms with Crippen LogP contribution in [0.4, 0.5) is 0 Å². The van der Waals surface area contributed by atoms with Gasteiger partial charge in [-0.2, -0.15) is 0 Å². The second-order valence-electron chi connectivity index (χ2n) is 5.33. The van der Waals surface area contributed by atoms with Crippen molar-refractivity contribution in [3.63, 3.8) is 0 Å². The molecule has 138 valence electrons. The fourth-order valence-corrected chi connectivity index (χ4v) is 3.19. The molecule has 0 aliphatic rings. The highest BCUT2D eigenvalue weighted by molar-refractivity contribution is 7.89. The lowest BCUT2D eigenvalue weighted by molar-refractivity contribution is 0.0318. The Morgan fingerprint density at radius 2 is 1.65 bits per heavy atom. The topological polar surface area (TPSA) is 113 Å². The molecule has 0 radical (unpaired) electrons. The summed E-state index contributed by atoms with van der Waals surface area (Å²) < 4.78 is 33.1. The number of hydrogen-bond acceptors (Lipinski definition) is 6. The molecule has 2 aromatic rings. The molecule has 0 bridgehead atoms. The van der Waals surface area contributed by atoms with E-state index in [-0.39, 0.29) is 10.6 Å². The molecule has 0 saturated carbocycles. The summed E-state index contributed by atoms with van der Waals surface area (Å²) in [5.74, 6) is -0.703. The van der Waals surface area contributed by atoms with Crippen LogP contribution in [0.3, 0.4) is 0 Å². The van der Waals surface area contributed by atoms with E-state index in [4.69, 9.17) is 26.2 Å². The normalized spacial score (nSPS) is 12.3. The largest absolute Gasteiger partial charge is 0.497 e. The molecule has 9 heteroatoms. The minimum Gasteiger partial charge on any atom is -0.497 e. The van der Waals surface area contributed by atoms with Gasteiger partial charge in [-0.3, -0.25) is 4.79 Å². The molecule has 1 atom stereocenters. The van der Waals surface area contributed by atoms with E-state index >= 15 is 0 Å². The van der Waals surface area contributed by atoms with Gasteiger partial charge in [-0.15, -0.1) is 0 Å². The lowest BCUT2D eigenvalue weighted by atomic mass is 10.1. The van der Waals surface area contributed by atoms with Crippen molar-refractivity contribution in [1.29, 1.82) is 0 Å². The Bertz CT molecular complexity index is 940. The van der Waals surface area contributed by atoms with E-state index in [2.05, 4.69) is 0 Å². The van der Waals surface area contributed by atoms with E-state index in [0.717, 1.165) is 6.07 Å². The highest BCUT2D eigenvalue weighted by Crippen LogP contribution is 2.22. The number of ketones is 1. The number of ether oxygens (including phenoxy) is 2. The van der Waals surface area contributed by atoms with E-state index in [1.54, 1.807) is 24.3 Å². The predicted molar refractivity (Wildman–Crippen MR) is 95.0 cm³/mol. The summed E-state index contributed by atoms with van der Waals surface area (Å²) in [4.78, 5) is 24.1. The predicted octanol–water partition coefficient (Wildman–Crippen LogP) is 2.42. The molecule has 0 aromatic heterocycles. The van der Waals surface area contributed by atoms with Gasteiger partial charge >= 0.3 is 5.97 Å². The zero-order valence-electron chi connectivity index (χ0n) is 13.9. The third-order valence-electron chi connectivity index (χ3n) is 3.50. The molecule has 2 N–H and O–H groups in total. The number of esters is 1. The van der Waals surface area contributed by atoms with Crippen molar-refractivity contribution in [2.45, 2.75) is 17.9 Å². The Labute approximate surface area is 155 Å². The fraction of sp³-hybridized carbons (Fsp3) is 0.176. The first-order chi connectivity index (χ1) is 12.1. The summed E-state index contributed by atoms with van der Waals surface area (Å²) in [5.41, 5.74) is 0.250. The second kappa shape index (κ2) is 7.86. The molecule has 0 aliphatic heterocycles. The first-order valence-electron chi connectivity index (χ1n) is 7.35. The van der Waals surface area contributed by atoms with Crippen LogP contribution in [-0.2, 0) is 14.8 Å². The maximum atomic E-state index is 12.3. The van der Waals surface area contributed by atoms with E-state index in [1.165, 1.54) is 26.2 Å².